The summed E-state index contributed by atoms with van der Waals surface area (Å²) in [6.45, 7) is 0. The van der Waals surface area contributed by atoms with Gasteiger partial charge in [-0.05, 0) is 25.0 Å². The Bertz CT molecular complexity index is 563. The first-order valence-electron chi connectivity index (χ1n) is 6.42. The van der Waals surface area contributed by atoms with Gasteiger partial charge in [0.1, 0.15) is 0 Å². The quantitative estimate of drug-likeness (QED) is 0.874. The molecule has 0 atom stereocenters. The van der Waals surface area contributed by atoms with Gasteiger partial charge in [0.15, 0.2) is 0 Å². The van der Waals surface area contributed by atoms with E-state index >= 15 is 0 Å². The molecule has 0 heterocycles. The molecule has 0 unspecified atom stereocenters. The molecule has 3 N–H and O–H groups in total. The van der Waals surface area contributed by atoms with E-state index in [0.717, 1.165) is 32.1 Å². The predicted molar refractivity (Wildman–Crippen MR) is 72.2 cm³/mol. The minimum atomic E-state index is -3.69. The van der Waals surface area contributed by atoms with E-state index in [9.17, 15) is 13.2 Å². The van der Waals surface area contributed by atoms with E-state index in [2.05, 4.69) is 4.72 Å². The van der Waals surface area contributed by atoms with Crippen molar-refractivity contribution in [3.63, 3.8) is 0 Å². The minimum Gasteiger partial charge on any atom is -0.366 e. The van der Waals surface area contributed by atoms with Crippen molar-refractivity contribution in [3.05, 3.63) is 29.8 Å². The Morgan fingerprint density at radius 2 is 1.79 bits per heavy atom. The summed E-state index contributed by atoms with van der Waals surface area (Å²) in [5.41, 5.74) is 5.25. The van der Waals surface area contributed by atoms with E-state index < -0.39 is 15.9 Å². The molecule has 104 valence electrons. The third-order valence-corrected chi connectivity index (χ3v) is 4.95. The number of primary amides is 1. The number of sulfonamides is 1. The molecule has 1 saturated carbocycles. The number of amides is 1. The molecule has 1 aromatic carbocycles. The van der Waals surface area contributed by atoms with Crippen LogP contribution in [0.4, 0.5) is 0 Å². The average molecular weight is 282 g/mol. The van der Waals surface area contributed by atoms with Gasteiger partial charge in [-0.25, -0.2) is 13.1 Å². The maximum Gasteiger partial charge on any atom is 0.250 e. The van der Waals surface area contributed by atoms with Crippen molar-refractivity contribution in [2.75, 3.05) is 0 Å². The van der Waals surface area contributed by atoms with E-state index in [4.69, 9.17) is 5.73 Å². The van der Waals surface area contributed by atoms with Gasteiger partial charge in [-0.3, -0.25) is 4.79 Å². The summed E-state index contributed by atoms with van der Waals surface area (Å²) in [4.78, 5) is 11.3. The molecular formula is C13H18N2O3S. The van der Waals surface area contributed by atoms with Gasteiger partial charge in [-0.15, -0.1) is 0 Å². The van der Waals surface area contributed by atoms with Crippen molar-refractivity contribution in [1.29, 1.82) is 0 Å². The second-order valence-corrected chi connectivity index (χ2v) is 6.50. The fourth-order valence-electron chi connectivity index (χ4n) is 2.41. The molecule has 0 bridgehead atoms. The lowest BCUT2D eigenvalue weighted by Gasteiger charge is -2.23. The van der Waals surface area contributed by atoms with Crippen LogP contribution in [0.3, 0.4) is 0 Å². The number of hydrogen-bond donors (Lipinski definition) is 2. The SMILES string of the molecule is NC(=O)c1ccccc1S(=O)(=O)NC1CCCCC1. The van der Waals surface area contributed by atoms with Crippen LogP contribution < -0.4 is 10.5 Å². The highest BCUT2D eigenvalue weighted by atomic mass is 32.2. The van der Waals surface area contributed by atoms with Crippen LogP contribution in [-0.2, 0) is 10.0 Å². The van der Waals surface area contributed by atoms with Gasteiger partial charge < -0.3 is 5.73 Å². The van der Waals surface area contributed by atoms with Crippen LogP contribution in [0.1, 0.15) is 42.5 Å². The zero-order valence-corrected chi connectivity index (χ0v) is 11.4. The molecule has 1 fully saturated rings. The monoisotopic (exact) mass is 282 g/mol. The van der Waals surface area contributed by atoms with Crippen LogP contribution >= 0.6 is 0 Å². The normalized spacial score (nSPS) is 17.3. The van der Waals surface area contributed by atoms with Gasteiger partial charge in [0.25, 0.3) is 0 Å². The Morgan fingerprint density at radius 1 is 1.16 bits per heavy atom. The van der Waals surface area contributed by atoms with E-state index in [1.807, 2.05) is 0 Å². The van der Waals surface area contributed by atoms with E-state index in [1.165, 1.54) is 12.1 Å². The van der Waals surface area contributed by atoms with Crippen molar-refractivity contribution >= 4 is 15.9 Å². The number of nitrogens with two attached hydrogens (primary N) is 1. The number of carbonyl (C=O) groups excluding carboxylic acids is 1. The molecule has 0 spiro atoms. The summed E-state index contributed by atoms with van der Waals surface area (Å²) in [7, 11) is -3.69. The van der Waals surface area contributed by atoms with Gasteiger partial charge in [-0.2, -0.15) is 0 Å². The second kappa shape index (κ2) is 5.71. The maximum atomic E-state index is 12.3. The minimum absolute atomic E-state index is 0.0332. The molecule has 0 aromatic heterocycles. The van der Waals surface area contributed by atoms with Crippen LogP contribution in [0.5, 0.6) is 0 Å². The molecule has 0 aliphatic heterocycles. The first kappa shape index (κ1) is 14.0. The Kier molecular flexibility index (Phi) is 4.21. The van der Waals surface area contributed by atoms with Crippen LogP contribution in [0.25, 0.3) is 0 Å². The molecule has 1 amide bonds. The summed E-state index contributed by atoms with van der Waals surface area (Å²) in [5.74, 6) is -0.732. The molecule has 6 heteroatoms. The summed E-state index contributed by atoms with van der Waals surface area (Å²) in [5, 5.41) is 0. The lowest BCUT2D eigenvalue weighted by molar-refractivity contribution is 0.0997. The van der Waals surface area contributed by atoms with Crippen LogP contribution in [0.15, 0.2) is 29.2 Å². The highest BCUT2D eigenvalue weighted by Gasteiger charge is 2.25. The fraction of sp³-hybridized carbons (Fsp3) is 0.462. The summed E-state index contributed by atoms with van der Waals surface area (Å²) >= 11 is 0. The number of benzene rings is 1. The Hall–Kier alpha value is -1.40. The summed E-state index contributed by atoms with van der Waals surface area (Å²) in [6.07, 6.45) is 4.90. The smallest absolute Gasteiger partial charge is 0.250 e. The first-order valence-corrected chi connectivity index (χ1v) is 7.90. The average Bonchev–Trinajstić information content (AvgIpc) is 2.39. The van der Waals surface area contributed by atoms with Gasteiger partial charge in [-0.1, -0.05) is 31.4 Å². The number of rotatable bonds is 4. The second-order valence-electron chi connectivity index (χ2n) is 4.82. The molecule has 5 nitrogen and oxygen atoms in total. The van der Waals surface area contributed by atoms with E-state index in [1.54, 1.807) is 12.1 Å². The highest BCUT2D eigenvalue weighted by Crippen LogP contribution is 2.21. The largest absolute Gasteiger partial charge is 0.366 e. The summed E-state index contributed by atoms with van der Waals surface area (Å²) in [6, 6.07) is 5.98. The van der Waals surface area contributed by atoms with Crippen molar-refractivity contribution in [1.82, 2.24) is 4.72 Å². The van der Waals surface area contributed by atoms with Crippen LogP contribution in [-0.4, -0.2) is 20.4 Å². The van der Waals surface area contributed by atoms with Gasteiger partial charge in [0, 0.05) is 6.04 Å². The van der Waals surface area contributed by atoms with Crippen LogP contribution in [0, 0.1) is 0 Å². The van der Waals surface area contributed by atoms with E-state index in [0.29, 0.717) is 0 Å². The molecule has 0 saturated heterocycles. The third-order valence-electron chi connectivity index (χ3n) is 3.37. The zero-order valence-electron chi connectivity index (χ0n) is 10.6. The standard InChI is InChI=1S/C13H18N2O3S/c14-13(16)11-8-4-5-9-12(11)19(17,18)15-10-6-2-1-3-7-10/h4-5,8-10,15H,1-3,6-7H2,(H2,14,16). The fourth-order valence-corrected chi connectivity index (χ4v) is 3.93. The van der Waals surface area contributed by atoms with E-state index in [-0.39, 0.29) is 16.5 Å². The molecule has 1 aromatic rings. The lowest BCUT2D eigenvalue weighted by Crippen LogP contribution is -2.37. The molecule has 0 radical (unpaired) electrons. The van der Waals surface area contributed by atoms with Gasteiger partial charge >= 0.3 is 0 Å². The van der Waals surface area contributed by atoms with Crippen LogP contribution in [0.2, 0.25) is 0 Å². The Balaban J connectivity index is 2.26. The Morgan fingerprint density at radius 3 is 2.42 bits per heavy atom. The highest BCUT2D eigenvalue weighted by molar-refractivity contribution is 7.89. The Labute approximate surface area is 113 Å². The zero-order chi connectivity index (χ0) is 13.9. The topological polar surface area (TPSA) is 89.3 Å². The first-order chi connectivity index (χ1) is 9.00. The molecular weight excluding hydrogens is 264 g/mol. The number of carbonyl (C=O) groups is 1. The van der Waals surface area contributed by atoms with Crippen molar-refractivity contribution < 1.29 is 13.2 Å². The van der Waals surface area contributed by atoms with Crippen molar-refractivity contribution in [3.8, 4) is 0 Å². The van der Waals surface area contributed by atoms with Gasteiger partial charge in [0.2, 0.25) is 15.9 Å². The molecule has 1 aliphatic carbocycles. The third kappa shape index (κ3) is 3.33. The predicted octanol–water partition coefficient (Wildman–Crippen LogP) is 1.40. The van der Waals surface area contributed by atoms with Crippen molar-refractivity contribution in [2.45, 2.75) is 43.0 Å². The van der Waals surface area contributed by atoms with Crippen molar-refractivity contribution in [2.24, 2.45) is 5.73 Å². The summed E-state index contributed by atoms with van der Waals surface area (Å²) < 4.78 is 27.3. The van der Waals surface area contributed by atoms with Gasteiger partial charge in [0.05, 0.1) is 10.5 Å². The molecule has 2 rings (SSSR count). The lowest BCUT2D eigenvalue weighted by atomic mass is 9.96. The number of hydrogen-bond acceptors (Lipinski definition) is 3. The molecule has 1 aliphatic rings. The number of nitrogens with one attached hydrogen (secondary N) is 1. The maximum absolute atomic E-state index is 12.3. The molecule has 19 heavy (non-hydrogen) atoms.